The van der Waals surface area contributed by atoms with Gasteiger partial charge in [0.15, 0.2) is 0 Å². The molecule has 7 heteroatoms. The number of alkyl halides is 3. The number of halogens is 3. The minimum absolute atomic E-state index is 0.00271. The minimum atomic E-state index is -4.47. The number of carboxylic acid groups (broad SMARTS) is 1. The van der Waals surface area contributed by atoms with Crippen LogP contribution in [-0.4, -0.2) is 17.2 Å². The predicted molar refractivity (Wildman–Crippen MR) is 89.4 cm³/mol. The number of carbonyl (C=O) groups is 1. The van der Waals surface area contributed by atoms with E-state index in [0.717, 1.165) is 12.1 Å². The third kappa shape index (κ3) is 3.37. The summed E-state index contributed by atoms with van der Waals surface area (Å²) in [5.41, 5.74) is -0.373. The molecule has 0 radical (unpaired) electrons. The molecule has 0 bridgehead atoms. The number of furan rings is 1. The van der Waals surface area contributed by atoms with Gasteiger partial charge in [-0.25, -0.2) is 4.79 Å². The zero-order valence-electron chi connectivity index (χ0n) is 13.9. The lowest BCUT2D eigenvalue weighted by Crippen LogP contribution is -2.05. The van der Waals surface area contributed by atoms with Gasteiger partial charge in [0.1, 0.15) is 22.7 Å². The van der Waals surface area contributed by atoms with Crippen LogP contribution in [0.1, 0.15) is 29.8 Å². The smallest absolute Gasteiger partial charge is 0.416 e. The summed E-state index contributed by atoms with van der Waals surface area (Å²) in [6.45, 7) is 3.68. The van der Waals surface area contributed by atoms with E-state index in [4.69, 9.17) is 9.15 Å². The quantitative estimate of drug-likeness (QED) is 0.654. The molecule has 1 aromatic heterocycles. The molecule has 0 unspecified atom stereocenters. The highest BCUT2D eigenvalue weighted by atomic mass is 19.4. The average molecular weight is 364 g/mol. The van der Waals surface area contributed by atoms with E-state index in [0.29, 0.717) is 16.7 Å². The molecular weight excluding hydrogens is 349 g/mol. The van der Waals surface area contributed by atoms with Gasteiger partial charge in [0.2, 0.25) is 0 Å². The van der Waals surface area contributed by atoms with Gasteiger partial charge in [-0.15, -0.1) is 0 Å². The topological polar surface area (TPSA) is 59.7 Å². The van der Waals surface area contributed by atoms with Crippen molar-refractivity contribution in [3.05, 3.63) is 53.6 Å². The molecule has 0 atom stereocenters. The van der Waals surface area contributed by atoms with Crippen LogP contribution in [-0.2, 0) is 6.18 Å². The van der Waals surface area contributed by atoms with Crippen molar-refractivity contribution in [1.82, 2.24) is 0 Å². The van der Waals surface area contributed by atoms with Crippen LogP contribution in [0.2, 0.25) is 0 Å². The van der Waals surface area contributed by atoms with E-state index >= 15 is 0 Å². The first-order chi connectivity index (χ1) is 12.2. The molecular formula is C19H15F3O4. The van der Waals surface area contributed by atoms with Gasteiger partial charge in [-0.1, -0.05) is 12.1 Å². The number of ether oxygens (including phenoxy) is 1. The van der Waals surface area contributed by atoms with Crippen LogP contribution >= 0.6 is 0 Å². The van der Waals surface area contributed by atoms with Gasteiger partial charge >= 0.3 is 12.1 Å². The molecule has 26 heavy (non-hydrogen) atoms. The Hall–Kier alpha value is -2.96. The second-order valence-electron chi connectivity index (χ2n) is 6.01. The first-order valence-corrected chi connectivity index (χ1v) is 7.81. The summed E-state index contributed by atoms with van der Waals surface area (Å²) < 4.78 is 49.3. The monoisotopic (exact) mass is 364 g/mol. The van der Waals surface area contributed by atoms with Crippen molar-refractivity contribution in [3.63, 3.8) is 0 Å². The van der Waals surface area contributed by atoms with Crippen molar-refractivity contribution in [2.24, 2.45) is 0 Å². The Morgan fingerprint density at radius 3 is 2.31 bits per heavy atom. The number of fused-ring (bicyclic) bond motifs is 1. The molecule has 0 spiro atoms. The Morgan fingerprint density at radius 1 is 1.12 bits per heavy atom. The molecule has 2 aromatic carbocycles. The maximum absolute atomic E-state index is 12.7. The third-order valence-corrected chi connectivity index (χ3v) is 3.72. The Morgan fingerprint density at radius 2 is 1.77 bits per heavy atom. The summed E-state index contributed by atoms with van der Waals surface area (Å²) in [6, 6.07) is 8.94. The van der Waals surface area contributed by atoms with Crippen molar-refractivity contribution >= 4 is 16.9 Å². The lowest BCUT2D eigenvalue weighted by molar-refractivity contribution is -0.137. The zero-order chi connectivity index (χ0) is 19.1. The van der Waals surface area contributed by atoms with E-state index in [1.807, 2.05) is 13.8 Å². The zero-order valence-corrected chi connectivity index (χ0v) is 13.9. The largest absolute Gasteiger partial charge is 0.491 e. The maximum atomic E-state index is 12.7. The number of benzene rings is 2. The first kappa shape index (κ1) is 17.8. The third-order valence-electron chi connectivity index (χ3n) is 3.72. The van der Waals surface area contributed by atoms with Gasteiger partial charge in [-0.3, -0.25) is 0 Å². The molecule has 1 N–H and O–H groups in total. The fourth-order valence-electron chi connectivity index (χ4n) is 2.65. The molecule has 3 aromatic rings. The molecule has 0 aliphatic rings. The second-order valence-corrected chi connectivity index (χ2v) is 6.01. The van der Waals surface area contributed by atoms with Gasteiger partial charge in [0.25, 0.3) is 0 Å². The molecule has 0 saturated heterocycles. The average Bonchev–Trinajstić information content (AvgIpc) is 2.92. The van der Waals surface area contributed by atoms with Crippen LogP contribution < -0.4 is 4.74 Å². The van der Waals surface area contributed by atoms with Crippen LogP contribution in [0.5, 0.6) is 5.75 Å². The number of aromatic carboxylic acids is 1. The van der Waals surface area contributed by atoms with Crippen molar-refractivity contribution in [2.45, 2.75) is 26.1 Å². The highest BCUT2D eigenvalue weighted by Gasteiger charge is 2.30. The summed E-state index contributed by atoms with van der Waals surface area (Å²) in [6.07, 6.45) is -4.56. The van der Waals surface area contributed by atoms with Crippen molar-refractivity contribution in [2.75, 3.05) is 0 Å². The van der Waals surface area contributed by atoms with Gasteiger partial charge < -0.3 is 14.3 Å². The summed E-state index contributed by atoms with van der Waals surface area (Å²) in [5, 5.41) is 9.91. The predicted octanol–water partition coefficient (Wildman–Crippen LogP) is 5.60. The Labute approximate surface area is 146 Å². The Balaban J connectivity index is 2.13. The Kier molecular flexibility index (Phi) is 4.39. The second kappa shape index (κ2) is 6.40. The van der Waals surface area contributed by atoms with Gasteiger partial charge in [-0.05, 0) is 44.2 Å². The maximum Gasteiger partial charge on any atom is 0.416 e. The van der Waals surface area contributed by atoms with E-state index in [9.17, 15) is 23.1 Å². The summed E-state index contributed by atoms with van der Waals surface area (Å²) in [4.78, 5) is 11.7. The fraction of sp³-hybridized carbons (Fsp3) is 0.211. The molecule has 4 nitrogen and oxygen atoms in total. The van der Waals surface area contributed by atoms with Crippen LogP contribution in [0.25, 0.3) is 22.3 Å². The van der Waals surface area contributed by atoms with Crippen LogP contribution in [0.15, 0.2) is 46.9 Å². The van der Waals surface area contributed by atoms with Crippen molar-refractivity contribution in [3.8, 4) is 17.1 Å². The molecule has 0 saturated carbocycles. The summed E-state index contributed by atoms with van der Waals surface area (Å²) in [7, 11) is 0. The molecule has 0 fully saturated rings. The Bertz CT molecular complexity index is 953. The molecule has 0 aliphatic heterocycles. The minimum Gasteiger partial charge on any atom is -0.491 e. The highest BCUT2D eigenvalue weighted by molar-refractivity contribution is 6.08. The fourth-order valence-corrected chi connectivity index (χ4v) is 2.65. The normalized spacial score (nSPS) is 11.9. The van der Waals surface area contributed by atoms with Gasteiger partial charge in [0.05, 0.1) is 11.7 Å². The van der Waals surface area contributed by atoms with E-state index in [2.05, 4.69) is 0 Å². The molecule has 1 heterocycles. The summed E-state index contributed by atoms with van der Waals surface area (Å²) >= 11 is 0. The van der Waals surface area contributed by atoms with E-state index < -0.39 is 17.7 Å². The standard InChI is InChI=1S/C19H15F3O4/c1-10(2)25-13-7-8-15-14(9-13)16(18(23)24)17(26-15)11-3-5-12(6-4-11)19(20,21)22/h3-10H,1-2H3,(H,23,24). The number of rotatable bonds is 4. The molecule has 0 amide bonds. The number of hydrogen-bond donors (Lipinski definition) is 1. The van der Waals surface area contributed by atoms with Crippen LogP contribution in [0, 0.1) is 0 Å². The summed E-state index contributed by atoms with van der Waals surface area (Å²) in [5.74, 6) is -0.752. The van der Waals surface area contributed by atoms with Crippen LogP contribution in [0.4, 0.5) is 13.2 Å². The van der Waals surface area contributed by atoms with Crippen molar-refractivity contribution in [1.29, 1.82) is 0 Å². The van der Waals surface area contributed by atoms with E-state index in [-0.39, 0.29) is 23.0 Å². The first-order valence-electron chi connectivity index (χ1n) is 7.81. The SMILES string of the molecule is CC(C)Oc1ccc2oc(-c3ccc(C(F)(F)F)cc3)c(C(=O)O)c2c1. The van der Waals surface area contributed by atoms with Crippen molar-refractivity contribution < 1.29 is 32.2 Å². The van der Waals surface area contributed by atoms with Gasteiger partial charge in [-0.2, -0.15) is 13.2 Å². The number of hydrogen-bond acceptors (Lipinski definition) is 3. The lowest BCUT2D eigenvalue weighted by atomic mass is 10.0. The molecule has 0 aliphatic carbocycles. The molecule has 3 rings (SSSR count). The van der Waals surface area contributed by atoms with E-state index in [1.165, 1.54) is 12.1 Å². The molecule has 136 valence electrons. The highest BCUT2D eigenvalue weighted by Crippen LogP contribution is 2.37. The van der Waals surface area contributed by atoms with Gasteiger partial charge in [0, 0.05) is 10.9 Å². The number of carboxylic acids is 1. The lowest BCUT2D eigenvalue weighted by Gasteiger charge is -2.09. The van der Waals surface area contributed by atoms with E-state index in [1.54, 1.807) is 18.2 Å². The van der Waals surface area contributed by atoms with Crippen LogP contribution in [0.3, 0.4) is 0 Å².